The van der Waals surface area contributed by atoms with Crippen LogP contribution < -0.4 is 5.48 Å². The largest absolute Gasteiger partial charge is 0.347 e. The monoisotopic (exact) mass is 132 g/mol. The Morgan fingerprint density at radius 1 is 1.78 bits per heavy atom. The highest BCUT2D eigenvalue weighted by Crippen LogP contribution is 1.75. The molecule has 5 heteroatoms. The molecule has 0 aliphatic carbocycles. The molecule has 5 nitrogen and oxygen atoms in total. The van der Waals surface area contributed by atoms with Crippen LogP contribution in [0.15, 0.2) is 0 Å². The Kier molecular flexibility index (Phi) is 3.38. The molecule has 0 aliphatic heterocycles. The van der Waals surface area contributed by atoms with Gasteiger partial charge in [-0.15, -0.1) is 0 Å². The quantitative estimate of drug-likeness (QED) is 0.401. The lowest BCUT2D eigenvalue weighted by atomic mass is 10.8. The third-order valence-corrected chi connectivity index (χ3v) is 0.668. The van der Waals surface area contributed by atoms with Crippen molar-refractivity contribution in [3.63, 3.8) is 0 Å². The van der Waals surface area contributed by atoms with Crippen molar-refractivity contribution in [1.29, 1.82) is 0 Å². The molecule has 0 saturated heterocycles. The molecule has 0 atom stereocenters. The number of amides is 3. The number of carbonyl (C=O) groups is 2. The van der Waals surface area contributed by atoms with Crippen LogP contribution in [0.4, 0.5) is 4.79 Å². The van der Waals surface area contributed by atoms with E-state index in [1.54, 1.807) is 0 Å². The van der Waals surface area contributed by atoms with E-state index < -0.39 is 6.03 Å². The first kappa shape index (κ1) is 7.90. The van der Waals surface area contributed by atoms with Crippen molar-refractivity contribution in [1.82, 2.24) is 10.4 Å². The van der Waals surface area contributed by atoms with Gasteiger partial charge >= 0.3 is 6.03 Å². The third kappa shape index (κ3) is 2.65. The summed E-state index contributed by atoms with van der Waals surface area (Å²) in [6.07, 6.45) is 0.383. The summed E-state index contributed by atoms with van der Waals surface area (Å²) < 4.78 is 0. The second-order valence-electron chi connectivity index (χ2n) is 1.33. The summed E-state index contributed by atoms with van der Waals surface area (Å²) in [4.78, 5) is 25.3. The Morgan fingerprint density at radius 3 is 2.67 bits per heavy atom. The minimum Gasteiger partial charge on any atom is -0.278 e. The maximum atomic E-state index is 10.4. The Balaban J connectivity index is 3.58. The van der Waals surface area contributed by atoms with Gasteiger partial charge in [-0.3, -0.25) is 14.5 Å². The summed E-state index contributed by atoms with van der Waals surface area (Å²) in [7, 11) is 2.61. The van der Waals surface area contributed by atoms with Crippen molar-refractivity contribution in [3.05, 3.63) is 0 Å². The smallest absolute Gasteiger partial charge is 0.278 e. The zero-order valence-electron chi connectivity index (χ0n) is 5.25. The topological polar surface area (TPSA) is 58.6 Å². The molecule has 0 rings (SSSR count). The minimum atomic E-state index is -0.590. The molecule has 0 aliphatic rings. The summed E-state index contributed by atoms with van der Waals surface area (Å²) in [5, 5.41) is 0. The lowest BCUT2D eigenvalue weighted by Gasteiger charge is -2.06. The zero-order chi connectivity index (χ0) is 7.28. The lowest BCUT2D eigenvalue weighted by molar-refractivity contribution is -0.115. The molecule has 0 heterocycles. The molecule has 1 N–H and O–H groups in total. The average molecular weight is 132 g/mol. The Labute approximate surface area is 52.5 Å². The second kappa shape index (κ2) is 3.85. The standard InChI is InChI=1S/C4H8N2O3/c1-6(3-7)4(8)5-9-2/h3H,1-2H3,(H,5,8). The summed E-state index contributed by atoms with van der Waals surface area (Å²) >= 11 is 0. The van der Waals surface area contributed by atoms with Crippen LogP contribution in [0.25, 0.3) is 0 Å². The number of carbonyl (C=O) groups excluding carboxylic acids is 2. The Morgan fingerprint density at radius 2 is 2.33 bits per heavy atom. The van der Waals surface area contributed by atoms with E-state index in [2.05, 4.69) is 4.84 Å². The van der Waals surface area contributed by atoms with Gasteiger partial charge in [-0.05, 0) is 0 Å². The number of urea groups is 1. The fourth-order valence-corrected chi connectivity index (χ4v) is 0.207. The molecule has 0 unspecified atom stereocenters. The first-order valence-electron chi connectivity index (χ1n) is 2.23. The molecule has 0 aromatic carbocycles. The van der Waals surface area contributed by atoms with Crippen LogP contribution in [0.3, 0.4) is 0 Å². The molecular formula is C4H8N2O3. The molecule has 0 radical (unpaired) electrons. The first-order chi connectivity index (χ1) is 4.22. The number of hydroxylamine groups is 1. The lowest BCUT2D eigenvalue weighted by Crippen LogP contribution is -2.35. The highest BCUT2D eigenvalue weighted by molar-refractivity contribution is 5.83. The fraction of sp³-hybridized carbons (Fsp3) is 0.500. The van der Waals surface area contributed by atoms with E-state index >= 15 is 0 Å². The van der Waals surface area contributed by atoms with Crippen LogP contribution in [-0.4, -0.2) is 31.5 Å². The summed E-state index contributed by atoms with van der Waals surface area (Å²) in [5.41, 5.74) is 1.95. The minimum absolute atomic E-state index is 0.383. The first-order valence-corrected chi connectivity index (χ1v) is 2.23. The molecule has 0 fully saturated rings. The number of hydrogen-bond donors (Lipinski definition) is 1. The number of rotatable bonds is 2. The van der Waals surface area contributed by atoms with Crippen molar-refractivity contribution in [2.45, 2.75) is 0 Å². The van der Waals surface area contributed by atoms with Crippen molar-refractivity contribution < 1.29 is 14.4 Å². The van der Waals surface area contributed by atoms with E-state index in [9.17, 15) is 9.59 Å². The van der Waals surface area contributed by atoms with Crippen molar-refractivity contribution in [2.75, 3.05) is 14.2 Å². The van der Waals surface area contributed by atoms with E-state index in [1.807, 2.05) is 5.48 Å². The van der Waals surface area contributed by atoms with Gasteiger partial charge in [0, 0.05) is 7.05 Å². The molecule has 52 valence electrons. The third-order valence-electron chi connectivity index (χ3n) is 0.668. The predicted molar refractivity (Wildman–Crippen MR) is 29.4 cm³/mol. The molecule has 3 amide bonds. The normalized spacial score (nSPS) is 8.22. The Hall–Kier alpha value is -1.10. The van der Waals surface area contributed by atoms with Gasteiger partial charge < -0.3 is 0 Å². The van der Waals surface area contributed by atoms with Gasteiger partial charge in [-0.25, -0.2) is 10.3 Å². The van der Waals surface area contributed by atoms with Crippen LogP contribution in [0.1, 0.15) is 0 Å². The predicted octanol–water partition coefficient (Wildman–Crippen LogP) is -0.654. The van der Waals surface area contributed by atoms with E-state index in [1.165, 1.54) is 14.2 Å². The zero-order valence-corrected chi connectivity index (χ0v) is 5.25. The molecule has 0 saturated carbocycles. The van der Waals surface area contributed by atoms with Gasteiger partial charge in [0.25, 0.3) is 0 Å². The highest BCUT2D eigenvalue weighted by Gasteiger charge is 2.03. The number of nitrogens with one attached hydrogen (secondary N) is 1. The van der Waals surface area contributed by atoms with Crippen molar-refractivity contribution in [3.8, 4) is 0 Å². The summed E-state index contributed by atoms with van der Waals surface area (Å²) in [6, 6.07) is -0.590. The number of hydrogen-bond acceptors (Lipinski definition) is 3. The van der Waals surface area contributed by atoms with E-state index in [-0.39, 0.29) is 0 Å². The van der Waals surface area contributed by atoms with Crippen molar-refractivity contribution in [2.24, 2.45) is 0 Å². The highest BCUT2D eigenvalue weighted by atomic mass is 16.6. The molecule has 0 bridgehead atoms. The van der Waals surface area contributed by atoms with Gasteiger partial charge in [0.05, 0.1) is 7.11 Å². The van der Waals surface area contributed by atoms with Gasteiger partial charge in [0.15, 0.2) is 0 Å². The van der Waals surface area contributed by atoms with Gasteiger partial charge in [-0.1, -0.05) is 0 Å². The van der Waals surface area contributed by atoms with Crippen molar-refractivity contribution >= 4 is 12.4 Å². The van der Waals surface area contributed by atoms with Gasteiger partial charge in [-0.2, -0.15) is 0 Å². The van der Waals surface area contributed by atoms with Gasteiger partial charge in [0.2, 0.25) is 6.41 Å². The summed E-state index contributed by atoms with van der Waals surface area (Å²) in [6.45, 7) is 0. The molecule has 0 aromatic rings. The fourth-order valence-electron chi connectivity index (χ4n) is 0.207. The molecule has 0 spiro atoms. The number of nitrogens with zero attached hydrogens (tertiary/aromatic N) is 1. The van der Waals surface area contributed by atoms with Crippen LogP contribution in [0.2, 0.25) is 0 Å². The average Bonchev–Trinajstić information content (AvgIpc) is 1.87. The Bertz CT molecular complexity index is 114. The van der Waals surface area contributed by atoms with Crippen LogP contribution in [-0.2, 0) is 9.63 Å². The van der Waals surface area contributed by atoms with Crippen LogP contribution in [0.5, 0.6) is 0 Å². The second-order valence-corrected chi connectivity index (χ2v) is 1.33. The van der Waals surface area contributed by atoms with Gasteiger partial charge in [0.1, 0.15) is 0 Å². The van der Waals surface area contributed by atoms with E-state index in [4.69, 9.17) is 0 Å². The molecule has 0 aromatic heterocycles. The maximum absolute atomic E-state index is 10.4. The summed E-state index contributed by atoms with van der Waals surface area (Å²) in [5.74, 6) is 0. The number of imide groups is 1. The maximum Gasteiger partial charge on any atom is 0.347 e. The van der Waals surface area contributed by atoms with E-state index in [0.717, 1.165) is 4.90 Å². The molecule has 9 heavy (non-hydrogen) atoms. The van der Waals surface area contributed by atoms with E-state index in [0.29, 0.717) is 6.41 Å². The SMILES string of the molecule is CONC(=O)N(C)C=O. The van der Waals surface area contributed by atoms with Crippen LogP contribution in [0, 0.1) is 0 Å². The molecular weight excluding hydrogens is 124 g/mol. The van der Waals surface area contributed by atoms with Crippen LogP contribution >= 0.6 is 0 Å².